The van der Waals surface area contributed by atoms with Crippen molar-refractivity contribution in [3.63, 3.8) is 0 Å². The molecule has 1 aromatic heterocycles. The van der Waals surface area contributed by atoms with Crippen molar-refractivity contribution in [2.75, 3.05) is 0 Å². The molecule has 82 valence electrons. The van der Waals surface area contributed by atoms with E-state index in [-0.39, 0.29) is 0 Å². The van der Waals surface area contributed by atoms with E-state index in [1.807, 2.05) is 11.8 Å². The number of nitrogens with zero attached hydrogens (tertiary/aromatic N) is 1. The van der Waals surface area contributed by atoms with Gasteiger partial charge in [0, 0.05) is 28.4 Å². The molecule has 2 bridgehead atoms. The third-order valence-corrected chi connectivity index (χ3v) is 5.64. The number of aryl methyl sites for hydroxylation is 1. The van der Waals surface area contributed by atoms with Gasteiger partial charge in [0.05, 0.1) is 0 Å². The Morgan fingerprint density at radius 2 is 2.13 bits per heavy atom. The number of aromatic nitrogens is 1. The van der Waals surface area contributed by atoms with Gasteiger partial charge in [-0.25, -0.2) is 4.98 Å². The van der Waals surface area contributed by atoms with Crippen LogP contribution in [0.25, 0.3) is 0 Å². The zero-order chi connectivity index (χ0) is 10.3. The van der Waals surface area contributed by atoms with Crippen LogP contribution in [0.4, 0.5) is 0 Å². The quantitative estimate of drug-likeness (QED) is 0.860. The largest absolute Gasteiger partial charge is 0.311 e. The number of nitrogens with one attached hydrogen (secondary N) is 1. The SMILES string of the molecule is Cc1csc(SC2CC3CCC(C2)N3)n1. The molecule has 2 aliphatic rings. The van der Waals surface area contributed by atoms with Gasteiger partial charge in [-0.05, 0) is 32.6 Å². The predicted octanol–water partition coefficient (Wildman–Crippen LogP) is 2.83. The van der Waals surface area contributed by atoms with Crippen LogP contribution in [0.15, 0.2) is 9.72 Å². The average Bonchev–Trinajstić information content (AvgIpc) is 2.74. The molecule has 2 atom stereocenters. The normalized spacial score (nSPS) is 34.6. The Balaban J connectivity index is 1.64. The Morgan fingerprint density at radius 3 is 2.73 bits per heavy atom. The minimum absolute atomic E-state index is 0.794. The molecule has 3 heterocycles. The fourth-order valence-electron chi connectivity index (χ4n) is 2.63. The molecule has 15 heavy (non-hydrogen) atoms. The highest BCUT2D eigenvalue weighted by Gasteiger charge is 2.34. The summed E-state index contributed by atoms with van der Waals surface area (Å²) in [6.45, 7) is 2.08. The van der Waals surface area contributed by atoms with E-state index in [2.05, 4.69) is 22.6 Å². The molecule has 2 nitrogen and oxygen atoms in total. The maximum atomic E-state index is 4.54. The smallest absolute Gasteiger partial charge is 0.150 e. The highest BCUT2D eigenvalue weighted by molar-refractivity contribution is 8.01. The van der Waals surface area contributed by atoms with Gasteiger partial charge in [-0.15, -0.1) is 11.3 Å². The van der Waals surface area contributed by atoms with E-state index < -0.39 is 0 Å². The first-order valence-electron chi connectivity index (χ1n) is 5.64. The molecule has 3 rings (SSSR count). The van der Waals surface area contributed by atoms with E-state index in [1.165, 1.54) is 35.7 Å². The van der Waals surface area contributed by atoms with E-state index in [9.17, 15) is 0 Å². The Bertz CT molecular complexity index is 338. The summed E-state index contributed by atoms with van der Waals surface area (Å²) in [6, 6.07) is 1.59. The summed E-state index contributed by atoms with van der Waals surface area (Å²) in [6.07, 6.45) is 5.44. The highest BCUT2D eigenvalue weighted by atomic mass is 32.2. The van der Waals surface area contributed by atoms with E-state index >= 15 is 0 Å². The van der Waals surface area contributed by atoms with Crippen LogP contribution in [0, 0.1) is 6.92 Å². The summed E-state index contributed by atoms with van der Waals surface area (Å²) >= 11 is 3.80. The predicted molar refractivity (Wildman–Crippen MR) is 65.7 cm³/mol. The lowest BCUT2D eigenvalue weighted by Crippen LogP contribution is -2.39. The molecule has 0 saturated carbocycles. The molecule has 2 fully saturated rings. The molecule has 0 aliphatic carbocycles. The number of hydrogen-bond donors (Lipinski definition) is 1. The third-order valence-electron chi connectivity index (χ3n) is 3.30. The molecular weight excluding hydrogens is 224 g/mol. The number of rotatable bonds is 2. The van der Waals surface area contributed by atoms with E-state index in [0.29, 0.717) is 0 Å². The molecule has 2 aliphatic heterocycles. The number of hydrogen-bond acceptors (Lipinski definition) is 4. The fourth-order valence-corrected chi connectivity index (χ4v) is 5.06. The number of thioether (sulfide) groups is 1. The van der Waals surface area contributed by atoms with Crippen LogP contribution in [-0.4, -0.2) is 22.3 Å². The third kappa shape index (κ3) is 2.22. The van der Waals surface area contributed by atoms with Crippen LogP contribution in [0.3, 0.4) is 0 Å². The molecule has 1 N–H and O–H groups in total. The number of fused-ring (bicyclic) bond motifs is 2. The van der Waals surface area contributed by atoms with Gasteiger partial charge in [0.15, 0.2) is 0 Å². The molecule has 0 aromatic carbocycles. The van der Waals surface area contributed by atoms with Crippen molar-refractivity contribution in [3.05, 3.63) is 11.1 Å². The summed E-state index contributed by atoms with van der Waals surface area (Å²) in [5.74, 6) is 0. The second kappa shape index (κ2) is 4.07. The Kier molecular flexibility index (Phi) is 2.75. The molecule has 0 radical (unpaired) electrons. The molecular formula is C11H16N2S2. The van der Waals surface area contributed by atoms with Crippen molar-refractivity contribution in [1.29, 1.82) is 0 Å². The monoisotopic (exact) mass is 240 g/mol. The van der Waals surface area contributed by atoms with Gasteiger partial charge in [0.1, 0.15) is 4.34 Å². The second-order valence-electron chi connectivity index (χ2n) is 4.60. The molecule has 0 spiro atoms. The topological polar surface area (TPSA) is 24.9 Å². The fraction of sp³-hybridized carbons (Fsp3) is 0.727. The van der Waals surface area contributed by atoms with Crippen molar-refractivity contribution >= 4 is 23.1 Å². The van der Waals surface area contributed by atoms with Gasteiger partial charge in [0.2, 0.25) is 0 Å². The minimum Gasteiger partial charge on any atom is -0.311 e. The Labute approximate surface area is 98.9 Å². The number of thiazole rings is 1. The van der Waals surface area contributed by atoms with Crippen LogP contribution in [0.5, 0.6) is 0 Å². The maximum absolute atomic E-state index is 4.54. The summed E-state index contributed by atoms with van der Waals surface area (Å²) in [4.78, 5) is 4.54. The molecule has 1 aromatic rings. The zero-order valence-electron chi connectivity index (χ0n) is 8.90. The molecule has 2 unspecified atom stereocenters. The van der Waals surface area contributed by atoms with Crippen molar-refractivity contribution in [3.8, 4) is 0 Å². The van der Waals surface area contributed by atoms with Crippen molar-refractivity contribution in [2.24, 2.45) is 0 Å². The lowest BCUT2D eigenvalue weighted by atomic mass is 10.1. The first kappa shape index (κ1) is 10.1. The lowest BCUT2D eigenvalue weighted by molar-refractivity contribution is 0.415. The van der Waals surface area contributed by atoms with Crippen LogP contribution in [0.1, 0.15) is 31.4 Å². The Hall–Kier alpha value is -0.0600. The molecule has 4 heteroatoms. The number of piperidine rings is 1. The van der Waals surface area contributed by atoms with Gasteiger partial charge < -0.3 is 5.32 Å². The molecule has 2 saturated heterocycles. The van der Waals surface area contributed by atoms with Crippen molar-refractivity contribution < 1.29 is 0 Å². The van der Waals surface area contributed by atoms with Crippen molar-refractivity contribution in [2.45, 2.75) is 54.3 Å². The first-order chi connectivity index (χ1) is 7.29. The minimum atomic E-state index is 0.794. The van der Waals surface area contributed by atoms with E-state index in [1.54, 1.807) is 11.3 Å². The van der Waals surface area contributed by atoms with Gasteiger partial charge in [-0.2, -0.15) is 0 Å². The van der Waals surface area contributed by atoms with Gasteiger partial charge >= 0.3 is 0 Å². The summed E-state index contributed by atoms with van der Waals surface area (Å²) in [5.41, 5.74) is 1.17. The van der Waals surface area contributed by atoms with Crippen LogP contribution < -0.4 is 5.32 Å². The standard InChI is InChI=1S/C11H16N2S2/c1-7-6-14-11(12-7)15-10-4-8-2-3-9(5-10)13-8/h6,8-10,13H,2-5H2,1H3. The summed E-state index contributed by atoms with van der Waals surface area (Å²) in [5, 5.41) is 6.63. The average molecular weight is 240 g/mol. The van der Waals surface area contributed by atoms with Crippen LogP contribution >= 0.6 is 23.1 Å². The summed E-state index contributed by atoms with van der Waals surface area (Å²) in [7, 11) is 0. The van der Waals surface area contributed by atoms with Crippen molar-refractivity contribution in [1.82, 2.24) is 10.3 Å². The van der Waals surface area contributed by atoms with Gasteiger partial charge in [0.25, 0.3) is 0 Å². The highest BCUT2D eigenvalue weighted by Crippen LogP contribution is 2.37. The summed E-state index contributed by atoms with van der Waals surface area (Å²) < 4.78 is 1.26. The maximum Gasteiger partial charge on any atom is 0.150 e. The molecule has 0 amide bonds. The van der Waals surface area contributed by atoms with Crippen LogP contribution in [0.2, 0.25) is 0 Å². The van der Waals surface area contributed by atoms with E-state index in [4.69, 9.17) is 0 Å². The van der Waals surface area contributed by atoms with Crippen LogP contribution in [-0.2, 0) is 0 Å². The lowest BCUT2D eigenvalue weighted by Gasteiger charge is -2.27. The van der Waals surface area contributed by atoms with E-state index in [0.717, 1.165) is 17.3 Å². The van der Waals surface area contributed by atoms with Gasteiger partial charge in [-0.1, -0.05) is 11.8 Å². The Morgan fingerprint density at radius 1 is 1.40 bits per heavy atom. The first-order valence-corrected chi connectivity index (χ1v) is 7.40. The van der Waals surface area contributed by atoms with Gasteiger partial charge in [-0.3, -0.25) is 0 Å². The zero-order valence-corrected chi connectivity index (χ0v) is 10.5. The second-order valence-corrected chi connectivity index (χ2v) is 7.01.